The number of nitrogens with zero attached hydrogens (tertiary/aromatic N) is 4. The van der Waals surface area contributed by atoms with Crippen LogP contribution in [0.25, 0.3) is 0 Å². The van der Waals surface area contributed by atoms with Crippen molar-refractivity contribution in [1.29, 1.82) is 0 Å². The molecule has 0 aliphatic carbocycles. The summed E-state index contributed by atoms with van der Waals surface area (Å²) in [4.78, 5) is 4.62. The molecule has 1 fully saturated rings. The van der Waals surface area contributed by atoms with Crippen molar-refractivity contribution in [2.45, 2.75) is 25.8 Å². The molecule has 3 heterocycles. The molecule has 2 aliphatic rings. The topological polar surface area (TPSA) is 52.5 Å². The molecule has 104 valence electrons. The molecule has 1 aromatic heterocycles. The van der Waals surface area contributed by atoms with Crippen LogP contribution in [0.1, 0.15) is 24.1 Å². The monoisotopic (exact) mass is 262 g/mol. The molecular weight excluding hydrogens is 240 g/mol. The van der Waals surface area contributed by atoms with E-state index in [-0.39, 0.29) is 0 Å². The molecule has 0 aromatic carbocycles. The number of likely N-dealkylation sites (N-methyl/N-ethyl adjacent to an activating group) is 1. The number of hydrogen-bond donors (Lipinski definition) is 1. The van der Waals surface area contributed by atoms with Crippen molar-refractivity contribution < 1.29 is 5.11 Å². The zero-order valence-corrected chi connectivity index (χ0v) is 11.5. The molecular formula is C14H22N4O. The quantitative estimate of drug-likeness (QED) is 0.849. The first-order chi connectivity index (χ1) is 9.26. The Morgan fingerprint density at radius 3 is 2.79 bits per heavy atom. The minimum absolute atomic E-state index is 0.314. The van der Waals surface area contributed by atoms with Crippen molar-refractivity contribution in [3.63, 3.8) is 0 Å². The van der Waals surface area contributed by atoms with Gasteiger partial charge in [0.15, 0.2) is 5.82 Å². The lowest BCUT2D eigenvalue weighted by atomic mass is 9.98. The van der Waals surface area contributed by atoms with Crippen molar-refractivity contribution in [2.75, 3.05) is 38.2 Å². The van der Waals surface area contributed by atoms with Gasteiger partial charge in [-0.3, -0.25) is 0 Å². The van der Waals surface area contributed by atoms with Crippen molar-refractivity contribution in [1.82, 2.24) is 15.1 Å². The van der Waals surface area contributed by atoms with Crippen LogP contribution in [0.15, 0.2) is 6.07 Å². The zero-order chi connectivity index (χ0) is 13.2. The Kier molecular flexibility index (Phi) is 3.66. The molecule has 0 atom stereocenters. The Labute approximate surface area is 114 Å². The number of anilines is 1. The number of rotatable bonds is 2. The van der Waals surface area contributed by atoms with E-state index >= 15 is 0 Å². The summed E-state index contributed by atoms with van der Waals surface area (Å²) in [6.07, 6.45) is 3.11. The lowest BCUT2D eigenvalue weighted by Crippen LogP contribution is -2.36. The first-order valence-electron chi connectivity index (χ1n) is 7.16. The number of aromatic nitrogens is 2. The fourth-order valence-electron chi connectivity index (χ4n) is 2.96. The van der Waals surface area contributed by atoms with Crippen LogP contribution in [0.2, 0.25) is 0 Å². The van der Waals surface area contributed by atoms with E-state index in [9.17, 15) is 5.11 Å². The van der Waals surface area contributed by atoms with Gasteiger partial charge >= 0.3 is 0 Å². The van der Waals surface area contributed by atoms with Crippen LogP contribution < -0.4 is 4.90 Å². The predicted molar refractivity (Wildman–Crippen MR) is 74.1 cm³/mol. The van der Waals surface area contributed by atoms with Crippen LogP contribution in [0.4, 0.5) is 5.82 Å². The Morgan fingerprint density at radius 2 is 2.05 bits per heavy atom. The SMILES string of the molecule is CN1CCc2nnc(N3CCC(CO)CC3)cc2C1. The second-order valence-corrected chi connectivity index (χ2v) is 5.78. The highest BCUT2D eigenvalue weighted by molar-refractivity contribution is 5.42. The molecule has 0 saturated carbocycles. The number of piperidine rings is 1. The van der Waals surface area contributed by atoms with Gasteiger partial charge in [-0.2, -0.15) is 5.10 Å². The third-order valence-corrected chi connectivity index (χ3v) is 4.31. The lowest BCUT2D eigenvalue weighted by Gasteiger charge is -2.32. The van der Waals surface area contributed by atoms with Crippen molar-refractivity contribution >= 4 is 5.82 Å². The molecule has 5 nitrogen and oxygen atoms in total. The second kappa shape index (κ2) is 5.43. The summed E-state index contributed by atoms with van der Waals surface area (Å²) in [5, 5.41) is 18.0. The third-order valence-electron chi connectivity index (χ3n) is 4.31. The molecule has 3 rings (SSSR count). The Hall–Kier alpha value is -1.20. The molecule has 19 heavy (non-hydrogen) atoms. The van der Waals surface area contributed by atoms with E-state index in [0.29, 0.717) is 12.5 Å². The highest BCUT2D eigenvalue weighted by atomic mass is 16.3. The molecule has 1 N–H and O–H groups in total. The van der Waals surface area contributed by atoms with Gasteiger partial charge in [0.25, 0.3) is 0 Å². The van der Waals surface area contributed by atoms with E-state index in [1.807, 2.05) is 0 Å². The molecule has 0 spiro atoms. The number of aliphatic hydroxyl groups excluding tert-OH is 1. The summed E-state index contributed by atoms with van der Waals surface area (Å²) < 4.78 is 0. The summed E-state index contributed by atoms with van der Waals surface area (Å²) in [5.41, 5.74) is 2.48. The smallest absolute Gasteiger partial charge is 0.151 e. The van der Waals surface area contributed by atoms with Crippen LogP contribution in [0, 0.1) is 5.92 Å². The zero-order valence-electron chi connectivity index (χ0n) is 11.5. The second-order valence-electron chi connectivity index (χ2n) is 5.78. The van der Waals surface area contributed by atoms with Crippen molar-refractivity contribution in [2.24, 2.45) is 5.92 Å². The molecule has 0 unspecified atom stereocenters. The van der Waals surface area contributed by atoms with E-state index in [2.05, 4.69) is 33.1 Å². The van der Waals surface area contributed by atoms with Gasteiger partial charge in [-0.25, -0.2) is 0 Å². The van der Waals surface area contributed by atoms with E-state index in [1.165, 1.54) is 5.56 Å². The third kappa shape index (κ3) is 2.72. The molecule has 0 amide bonds. The maximum absolute atomic E-state index is 9.18. The minimum Gasteiger partial charge on any atom is -0.396 e. The van der Waals surface area contributed by atoms with E-state index in [4.69, 9.17) is 0 Å². The van der Waals surface area contributed by atoms with Gasteiger partial charge in [0.1, 0.15) is 0 Å². The van der Waals surface area contributed by atoms with Gasteiger partial charge in [0.2, 0.25) is 0 Å². The molecule has 0 bridgehead atoms. The summed E-state index contributed by atoms with van der Waals surface area (Å²) in [5.74, 6) is 1.47. The molecule has 5 heteroatoms. The predicted octanol–water partition coefficient (Wildman–Crippen LogP) is 0.673. The van der Waals surface area contributed by atoms with Crippen LogP contribution in [-0.4, -0.2) is 53.5 Å². The van der Waals surface area contributed by atoms with E-state index < -0.39 is 0 Å². The van der Waals surface area contributed by atoms with Gasteiger partial charge < -0.3 is 14.9 Å². The Bertz CT molecular complexity index is 443. The standard InChI is InChI=1S/C14H22N4O/c1-17-5-4-13-12(9-17)8-14(16-15-13)18-6-2-11(10-19)3-7-18/h8,11,19H,2-7,9-10H2,1H3. The largest absolute Gasteiger partial charge is 0.396 e. The molecule has 2 aliphatic heterocycles. The fraction of sp³-hybridized carbons (Fsp3) is 0.714. The maximum Gasteiger partial charge on any atom is 0.151 e. The maximum atomic E-state index is 9.18. The summed E-state index contributed by atoms with van der Waals surface area (Å²) in [6.45, 7) is 4.32. The fourth-order valence-corrected chi connectivity index (χ4v) is 2.96. The summed E-state index contributed by atoms with van der Waals surface area (Å²) >= 11 is 0. The van der Waals surface area contributed by atoms with Gasteiger partial charge in [-0.15, -0.1) is 5.10 Å². The average molecular weight is 262 g/mol. The van der Waals surface area contributed by atoms with Gasteiger partial charge in [-0.05, 0) is 37.4 Å². The lowest BCUT2D eigenvalue weighted by molar-refractivity contribution is 0.202. The molecule has 0 radical (unpaired) electrons. The normalized spacial score (nSPS) is 21.5. The van der Waals surface area contributed by atoms with Crippen molar-refractivity contribution in [3.8, 4) is 0 Å². The first kappa shape index (κ1) is 12.8. The molecule has 1 aromatic rings. The summed E-state index contributed by atoms with van der Waals surface area (Å²) in [7, 11) is 2.15. The highest BCUT2D eigenvalue weighted by Crippen LogP contribution is 2.24. The van der Waals surface area contributed by atoms with Gasteiger partial charge in [-0.1, -0.05) is 0 Å². The van der Waals surface area contributed by atoms with Gasteiger partial charge in [0.05, 0.1) is 5.69 Å². The van der Waals surface area contributed by atoms with Crippen LogP contribution in [-0.2, 0) is 13.0 Å². The average Bonchev–Trinajstić information content (AvgIpc) is 2.46. The Morgan fingerprint density at radius 1 is 1.26 bits per heavy atom. The number of aliphatic hydroxyl groups is 1. The van der Waals surface area contributed by atoms with E-state index in [0.717, 1.165) is 57.0 Å². The van der Waals surface area contributed by atoms with E-state index in [1.54, 1.807) is 0 Å². The van der Waals surface area contributed by atoms with Crippen LogP contribution in [0.3, 0.4) is 0 Å². The first-order valence-corrected chi connectivity index (χ1v) is 7.16. The van der Waals surface area contributed by atoms with Crippen LogP contribution in [0.5, 0.6) is 0 Å². The highest BCUT2D eigenvalue weighted by Gasteiger charge is 2.22. The van der Waals surface area contributed by atoms with Crippen molar-refractivity contribution in [3.05, 3.63) is 17.3 Å². The van der Waals surface area contributed by atoms with Gasteiger partial charge in [0, 0.05) is 39.2 Å². The minimum atomic E-state index is 0.314. The summed E-state index contributed by atoms with van der Waals surface area (Å²) in [6, 6.07) is 2.21. The van der Waals surface area contributed by atoms with Crippen LogP contribution >= 0.6 is 0 Å². The Balaban J connectivity index is 1.73. The molecule has 1 saturated heterocycles. The number of hydrogen-bond acceptors (Lipinski definition) is 5. The number of fused-ring (bicyclic) bond motifs is 1.